The van der Waals surface area contributed by atoms with Crippen LogP contribution >= 0.6 is 0 Å². The summed E-state index contributed by atoms with van der Waals surface area (Å²) in [5.41, 5.74) is 10.5. The Labute approximate surface area is 232 Å². The number of rotatable bonds is 7. The molecular formula is C32H30N4O4. The van der Waals surface area contributed by atoms with Gasteiger partial charge < -0.3 is 26.0 Å². The third-order valence-corrected chi connectivity index (χ3v) is 6.79. The van der Waals surface area contributed by atoms with Gasteiger partial charge in [-0.1, -0.05) is 66.7 Å². The van der Waals surface area contributed by atoms with E-state index >= 15 is 0 Å². The molecule has 3 amide bonds. The van der Waals surface area contributed by atoms with Gasteiger partial charge in [0.05, 0.1) is 24.6 Å². The van der Waals surface area contributed by atoms with E-state index in [9.17, 15) is 14.4 Å². The van der Waals surface area contributed by atoms with Crippen LogP contribution in [0.4, 0.5) is 17.1 Å². The fourth-order valence-electron chi connectivity index (χ4n) is 4.60. The second-order valence-corrected chi connectivity index (χ2v) is 9.47. The molecule has 40 heavy (non-hydrogen) atoms. The molecule has 1 aliphatic rings. The molecule has 0 spiro atoms. The van der Waals surface area contributed by atoms with Crippen molar-refractivity contribution in [1.29, 1.82) is 0 Å². The highest BCUT2D eigenvalue weighted by atomic mass is 16.5. The number of carbonyl (C=O) groups excluding carboxylic acids is 3. The Balaban J connectivity index is 1.36. The number of nitrogens with zero attached hydrogens (tertiary/aromatic N) is 1. The minimum atomic E-state index is -1.08. The molecule has 202 valence electrons. The summed E-state index contributed by atoms with van der Waals surface area (Å²) in [5, 5.41) is 5.73. The molecule has 0 aromatic heterocycles. The van der Waals surface area contributed by atoms with Crippen LogP contribution < -0.4 is 16.4 Å². The van der Waals surface area contributed by atoms with E-state index < -0.39 is 11.8 Å². The van der Waals surface area contributed by atoms with Crippen molar-refractivity contribution in [3.05, 3.63) is 114 Å². The lowest BCUT2D eigenvalue weighted by Gasteiger charge is -2.30. The largest absolute Gasteiger partial charge is 0.397 e. The zero-order valence-corrected chi connectivity index (χ0v) is 21.9. The Hall–Kier alpha value is -4.95. The fraction of sp³-hybridized carbons (Fsp3) is 0.156. The maximum absolute atomic E-state index is 13.5. The molecule has 4 aromatic rings. The summed E-state index contributed by atoms with van der Waals surface area (Å²) in [6.07, 6.45) is 0. The Morgan fingerprint density at radius 2 is 1.40 bits per heavy atom. The van der Waals surface area contributed by atoms with E-state index in [2.05, 4.69) is 10.6 Å². The van der Waals surface area contributed by atoms with Crippen molar-refractivity contribution in [2.45, 2.75) is 5.92 Å². The minimum absolute atomic E-state index is 0.306. The molecule has 1 aliphatic heterocycles. The highest BCUT2D eigenvalue weighted by Crippen LogP contribution is 2.28. The van der Waals surface area contributed by atoms with Gasteiger partial charge in [-0.2, -0.15) is 0 Å². The number of morpholine rings is 1. The predicted molar refractivity (Wildman–Crippen MR) is 156 cm³/mol. The number of amides is 3. The molecule has 4 N–H and O–H groups in total. The smallest absolute Gasteiger partial charge is 0.255 e. The van der Waals surface area contributed by atoms with Gasteiger partial charge in [0.1, 0.15) is 5.92 Å². The van der Waals surface area contributed by atoms with Gasteiger partial charge in [-0.15, -0.1) is 0 Å². The number of carbonyl (C=O) groups is 3. The first-order valence-corrected chi connectivity index (χ1v) is 13.1. The Bertz CT molecular complexity index is 1480. The molecule has 8 heteroatoms. The summed E-state index contributed by atoms with van der Waals surface area (Å²) < 4.78 is 5.38. The highest BCUT2D eigenvalue weighted by molar-refractivity contribution is 6.11. The van der Waals surface area contributed by atoms with Crippen LogP contribution in [0.3, 0.4) is 0 Å². The quantitative estimate of drug-likeness (QED) is 0.234. The van der Waals surface area contributed by atoms with Crippen LogP contribution in [-0.2, 0) is 14.3 Å². The molecule has 4 aromatic carbocycles. The monoisotopic (exact) mass is 534 g/mol. The maximum Gasteiger partial charge on any atom is 0.255 e. The number of anilines is 3. The number of nitrogens with one attached hydrogen (secondary N) is 2. The molecule has 5 rings (SSSR count). The van der Waals surface area contributed by atoms with Crippen molar-refractivity contribution in [3.8, 4) is 11.1 Å². The van der Waals surface area contributed by atoms with Crippen molar-refractivity contribution >= 4 is 34.8 Å². The average Bonchev–Trinajstić information content (AvgIpc) is 3.00. The number of para-hydroxylation sites is 1. The molecule has 1 unspecified atom stereocenters. The Morgan fingerprint density at radius 1 is 0.750 bits per heavy atom. The fourth-order valence-corrected chi connectivity index (χ4v) is 4.60. The van der Waals surface area contributed by atoms with Crippen molar-refractivity contribution in [2.24, 2.45) is 0 Å². The summed E-state index contributed by atoms with van der Waals surface area (Å²) in [6, 6.07) is 30.8. The molecule has 0 radical (unpaired) electrons. The number of nitrogens with two attached hydrogens (primary N) is 1. The van der Waals surface area contributed by atoms with E-state index in [1.54, 1.807) is 47.4 Å². The topological polar surface area (TPSA) is 114 Å². The van der Waals surface area contributed by atoms with Crippen LogP contribution in [0.1, 0.15) is 21.8 Å². The van der Waals surface area contributed by atoms with Crippen LogP contribution in [0.15, 0.2) is 103 Å². The molecule has 1 heterocycles. The summed E-state index contributed by atoms with van der Waals surface area (Å²) in [5.74, 6) is -2.17. The lowest BCUT2D eigenvalue weighted by atomic mass is 9.95. The van der Waals surface area contributed by atoms with Gasteiger partial charge in [0, 0.05) is 24.3 Å². The Morgan fingerprint density at radius 3 is 2.08 bits per heavy atom. The van der Waals surface area contributed by atoms with Crippen LogP contribution in [0.5, 0.6) is 0 Å². The lowest BCUT2D eigenvalue weighted by molar-refractivity contribution is -0.140. The number of hydrogen-bond acceptors (Lipinski definition) is 5. The first-order valence-electron chi connectivity index (χ1n) is 13.1. The van der Waals surface area contributed by atoms with E-state index in [1.165, 1.54) is 0 Å². The standard InChI is InChI=1S/C32H30N4O4/c33-27-16-15-25(22-7-3-1-4-8-22)21-28(27)35-30(37)24-13-11-23(12-14-24)29(32(39)36-17-19-40-20-18-36)31(38)34-26-9-5-2-6-10-26/h1-16,21,29H,17-20,33H2,(H,34,38)(H,35,37). The SMILES string of the molecule is Nc1ccc(-c2ccccc2)cc1NC(=O)c1ccc(C(C(=O)Nc2ccccc2)C(=O)N2CCOCC2)cc1. The van der Waals surface area contributed by atoms with Gasteiger partial charge in [0.2, 0.25) is 11.8 Å². The summed E-state index contributed by atoms with van der Waals surface area (Å²) in [4.78, 5) is 41.6. The minimum Gasteiger partial charge on any atom is -0.397 e. The molecule has 8 nitrogen and oxygen atoms in total. The summed E-state index contributed by atoms with van der Waals surface area (Å²) >= 11 is 0. The lowest BCUT2D eigenvalue weighted by Crippen LogP contribution is -2.45. The Kier molecular flexibility index (Phi) is 8.18. The third-order valence-electron chi connectivity index (χ3n) is 6.79. The van der Waals surface area contributed by atoms with Gasteiger partial charge >= 0.3 is 0 Å². The molecule has 0 aliphatic carbocycles. The van der Waals surface area contributed by atoms with E-state index in [0.717, 1.165) is 11.1 Å². The molecule has 1 fully saturated rings. The molecule has 0 bridgehead atoms. The van der Waals surface area contributed by atoms with Crippen molar-refractivity contribution in [3.63, 3.8) is 0 Å². The number of nitrogen functional groups attached to an aromatic ring is 1. The van der Waals surface area contributed by atoms with Crippen molar-refractivity contribution in [1.82, 2.24) is 4.90 Å². The van der Waals surface area contributed by atoms with E-state index in [1.807, 2.05) is 60.7 Å². The third kappa shape index (κ3) is 6.19. The molecule has 1 atom stereocenters. The van der Waals surface area contributed by atoms with E-state index in [4.69, 9.17) is 10.5 Å². The normalized spacial score (nSPS) is 13.8. The van der Waals surface area contributed by atoms with Gasteiger partial charge in [0.25, 0.3) is 5.91 Å². The maximum atomic E-state index is 13.5. The van der Waals surface area contributed by atoms with Crippen LogP contribution in [0.25, 0.3) is 11.1 Å². The zero-order valence-electron chi connectivity index (χ0n) is 21.9. The van der Waals surface area contributed by atoms with Gasteiger partial charge in [-0.05, 0) is 53.1 Å². The summed E-state index contributed by atoms with van der Waals surface area (Å²) in [6.45, 7) is 1.68. The van der Waals surface area contributed by atoms with Crippen molar-refractivity contribution in [2.75, 3.05) is 42.7 Å². The van der Waals surface area contributed by atoms with Crippen LogP contribution in [0.2, 0.25) is 0 Å². The van der Waals surface area contributed by atoms with Crippen molar-refractivity contribution < 1.29 is 19.1 Å². The van der Waals surface area contributed by atoms with Gasteiger partial charge in [-0.3, -0.25) is 14.4 Å². The second-order valence-electron chi connectivity index (χ2n) is 9.47. The first kappa shape index (κ1) is 26.6. The van der Waals surface area contributed by atoms with Crippen LogP contribution in [0, 0.1) is 0 Å². The number of hydrogen-bond donors (Lipinski definition) is 3. The van der Waals surface area contributed by atoms with Gasteiger partial charge in [0.15, 0.2) is 0 Å². The molecule has 0 saturated carbocycles. The summed E-state index contributed by atoms with van der Waals surface area (Å²) in [7, 11) is 0. The molecule has 1 saturated heterocycles. The second kappa shape index (κ2) is 12.3. The average molecular weight is 535 g/mol. The zero-order chi connectivity index (χ0) is 27.9. The number of benzene rings is 4. The van der Waals surface area contributed by atoms with Gasteiger partial charge in [-0.25, -0.2) is 0 Å². The number of ether oxygens (including phenoxy) is 1. The van der Waals surface area contributed by atoms with E-state index in [0.29, 0.717) is 54.5 Å². The highest BCUT2D eigenvalue weighted by Gasteiger charge is 2.33. The van der Waals surface area contributed by atoms with Crippen LogP contribution in [-0.4, -0.2) is 48.9 Å². The van der Waals surface area contributed by atoms with E-state index in [-0.39, 0.29) is 11.8 Å². The first-order chi connectivity index (χ1) is 19.5. The predicted octanol–water partition coefficient (Wildman–Crippen LogP) is 4.77. The molecular weight excluding hydrogens is 504 g/mol.